The number of carbonyl (C=O) groups excluding carboxylic acids is 3. The summed E-state index contributed by atoms with van der Waals surface area (Å²) in [4.78, 5) is 44.3. The quantitative estimate of drug-likeness (QED) is 0.724. The van der Waals surface area contributed by atoms with Gasteiger partial charge in [-0.25, -0.2) is 0 Å². The van der Waals surface area contributed by atoms with Crippen molar-refractivity contribution in [2.75, 3.05) is 58.9 Å². The van der Waals surface area contributed by atoms with Gasteiger partial charge in [0.1, 0.15) is 0 Å². The zero-order valence-electron chi connectivity index (χ0n) is 15.1. The Morgan fingerprint density at radius 3 is 1.96 bits per heavy atom. The first kappa shape index (κ1) is 18.2. The lowest BCUT2D eigenvalue weighted by molar-refractivity contribution is -0.143. The van der Waals surface area contributed by atoms with E-state index in [2.05, 4.69) is 4.90 Å². The number of amides is 3. The Bertz CT molecular complexity index is 497. The third-order valence-electron chi connectivity index (χ3n) is 5.54. The zero-order valence-corrected chi connectivity index (χ0v) is 15.1. The zero-order chi connectivity index (χ0) is 17.6. The minimum Gasteiger partial charge on any atom is -0.342 e. The molecule has 0 atom stereocenters. The second kappa shape index (κ2) is 8.65. The summed E-state index contributed by atoms with van der Waals surface area (Å²) in [5.74, 6) is 0.362. The van der Waals surface area contributed by atoms with Gasteiger partial charge >= 0.3 is 0 Å². The highest BCUT2D eigenvalue weighted by Crippen LogP contribution is 2.12. The van der Waals surface area contributed by atoms with Gasteiger partial charge in [-0.1, -0.05) is 0 Å². The summed E-state index contributed by atoms with van der Waals surface area (Å²) in [7, 11) is 0. The molecule has 0 aromatic heterocycles. The van der Waals surface area contributed by atoms with Crippen molar-refractivity contribution in [3.63, 3.8) is 0 Å². The van der Waals surface area contributed by atoms with E-state index in [1.807, 2.05) is 9.80 Å². The van der Waals surface area contributed by atoms with Gasteiger partial charge in [0.15, 0.2) is 0 Å². The van der Waals surface area contributed by atoms with Crippen LogP contribution < -0.4 is 0 Å². The molecule has 0 aromatic carbocycles. The molecule has 0 radical (unpaired) electrons. The van der Waals surface area contributed by atoms with E-state index in [0.717, 1.165) is 51.9 Å². The van der Waals surface area contributed by atoms with Crippen molar-refractivity contribution in [1.29, 1.82) is 0 Å². The highest BCUT2D eigenvalue weighted by molar-refractivity contribution is 5.85. The van der Waals surface area contributed by atoms with Crippen LogP contribution in [0.2, 0.25) is 0 Å². The van der Waals surface area contributed by atoms with Crippen LogP contribution in [0.25, 0.3) is 0 Å². The SMILES string of the molecule is O=C(CN1CCN(C(=O)CN2CCCCC2=O)CC1)N1CCCCC1. The maximum Gasteiger partial charge on any atom is 0.242 e. The van der Waals surface area contributed by atoms with Gasteiger partial charge in [0.05, 0.1) is 13.1 Å². The molecule has 3 saturated heterocycles. The summed E-state index contributed by atoms with van der Waals surface area (Å²) < 4.78 is 0. The fourth-order valence-corrected chi connectivity index (χ4v) is 3.88. The van der Waals surface area contributed by atoms with E-state index in [4.69, 9.17) is 0 Å². The van der Waals surface area contributed by atoms with Gasteiger partial charge in [-0.15, -0.1) is 0 Å². The van der Waals surface area contributed by atoms with Gasteiger partial charge in [-0.05, 0) is 32.1 Å². The summed E-state index contributed by atoms with van der Waals surface area (Å²) in [6, 6.07) is 0. The number of carbonyl (C=O) groups is 3. The highest BCUT2D eigenvalue weighted by atomic mass is 16.2. The Morgan fingerprint density at radius 2 is 1.28 bits per heavy atom. The molecule has 3 rings (SSSR count). The molecule has 3 fully saturated rings. The molecule has 3 heterocycles. The fourth-order valence-electron chi connectivity index (χ4n) is 3.88. The van der Waals surface area contributed by atoms with Crippen molar-refractivity contribution in [1.82, 2.24) is 19.6 Å². The number of rotatable bonds is 4. The Kier molecular flexibility index (Phi) is 6.29. The van der Waals surface area contributed by atoms with Crippen molar-refractivity contribution < 1.29 is 14.4 Å². The molecule has 7 heteroatoms. The molecule has 0 bridgehead atoms. The van der Waals surface area contributed by atoms with E-state index in [9.17, 15) is 14.4 Å². The van der Waals surface area contributed by atoms with Crippen molar-refractivity contribution >= 4 is 17.7 Å². The Hall–Kier alpha value is -1.63. The van der Waals surface area contributed by atoms with Crippen LogP contribution in [-0.4, -0.2) is 96.2 Å². The third kappa shape index (κ3) is 4.93. The maximum absolute atomic E-state index is 12.4. The Morgan fingerprint density at radius 1 is 0.680 bits per heavy atom. The summed E-state index contributed by atoms with van der Waals surface area (Å²) >= 11 is 0. The molecule has 3 aliphatic heterocycles. The van der Waals surface area contributed by atoms with E-state index >= 15 is 0 Å². The molecule has 0 N–H and O–H groups in total. The highest BCUT2D eigenvalue weighted by Gasteiger charge is 2.27. The predicted octanol–water partition coefficient (Wildman–Crippen LogP) is 0.156. The van der Waals surface area contributed by atoms with Crippen LogP contribution in [0.15, 0.2) is 0 Å². The molecule has 3 amide bonds. The minimum absolute atomic E-state index is 0.0391. The first-order valence-corrected chi connectivity index (χ1v) is 9.69. The molecular formula is C18H30N4O3. The molecule has 0 unspecified atom stereocenters. The summed E-state index contributed by atoms with van der Waals surface area (Å²) in [5, 5.41) is 0. The first-order chi connectivity index (χ1) is 12.1. The largest absolute Gasteiger partial charge is 0.342 e. The van der Waals surface area contributed by atoms with Crippen LogP contribution in [0.5, 0.6) is 0 Å². The molecule has 0 aliphatic carbocycles. The van der Waals surface area contributed by atoms with Crippen LogP contribution in [0.4, 0.5) is 0 Å². The van der Waals surface area contributed by atoms with Crippen molar-refractivity contribution in [3.8, 4) is 0 Å². The number of hydrogen-bond donors (Lipinski definition) is 0. The van der Waals surface area contributed by atoms with E-state index in [1.165, 1.54) is 6.42 Å². The molecule has 7 nitrogen and oxygen atoms in total. The fraction of sp³-hybridized carbons (Fsp3) is 0.833. The molecule has 0 aromatic rings. The van der Waals surface area contributed by atoms with E-state index in [0.29, 0.717) is 32.6 Å². The number of piperazine rings is 1. The lowest BCUT2D eigenvalue weighted by atomic mass is 10.1. The van der Waals surface area contributed by atoms with Gasteiger partial charge in [0.25, 0.3) is 0 Å². The summed E-state index contributed by atoms with van der Waals surface area (Å²) in [5.41, 5.74) is 0. The van der Waals surface area contributed by atoms with Gasteiger partial charge in [0, 0.05) is 52.2 Å². The number of hydrogen-bond acceptors (Lipinski definition) is 4. The average molecular weight is 350 g/mol. The van der Waals surface area contributed by atoms with Crippen molar-refractivity contribution in [2.24, 2.45) is 0 Å². The molecule has 0 saturated carbocycles. The van der Waals surface area contributed by atoms with Crippen LogP contribution in [0.1, 0.15) is 38.5 Å². The van der Waals surface area contributed by atoms with E-state index in [-0.39, 0.29) is 24.3 Å². The summed E-state index contributed by atoms with van der Waals surface area (Å²) in [6.07, 6.45) is 5.95. The van der Waals surface area contributed by atoms with E-state index in [1.54, 1.807) is 4.90 Å². The van der Waals surface area contributed by atoms with Gasteiger partial charge < -0.3 is 14.7 Å². The van der Waals surface area contributed by atoms with Crippen LogP contribution in [-0.2, 0) is 14.4 Å². The van der Waals surface area contributed by atoms with Crippen molar-refractivity contribution in [3.05, 3.63) is 0 Å². The number of piperidine rings is 2. The second-order valence-electron chi connectivity index (χ2n) is 7.37. The van der Waals surface area contributed by atoms with Gasteiger partial charge in [-0.2, -0.15) is 0 Å². The Labute approximate surface area is 149 Å². The third-order valence-corrected chi connectivity index (χ3v) is 5.54. The van der Waals surface area contributed by atoms with Crippen LogP contribution in [0, 0.1) is 0 Å². The molecule has 25 heavy (non-hydrogen) atoms. The van der Waals surface area contributed by atoms with E-state index < -0.39 is 0 Å². The second-order valence-corrected chi connectivity index (χ2v) is 7.37. The van der Waals surface area contributed by atoms with Crippen molar-refractivity contribution in [2.45, 2.75) is 38.5 Å². The summed E-state index contributed by atoms with van der Waals surface area (Å²) in [6.45, 7) is 5.93. The number of nitrogens with zero attached hydrogens (tertiary/aromatic N) is 4. The normalized spacial score (nSPS) is 23.0. The van der Waals surface area contributed by atoms with Gasteiger partial charge in [-0.3, -0.25) is 19.3 Å². The lowest BCUT2D eigenvalue weighted by Gasteiger charge is -2.37. The standard InChI is InChI=1S/C18H30N4O3/c23-16-6-2-5-9-22(16)15-18(25)21-12-10-19(11-13-21)14-17(24)20-7-3-1-4-8-20/h1-15H2. The minimum atomic E-state index is 0.0391. The van der Waals surface area contributed by atoms with Crippen LogP contribution >= 0.6 is 0 Å². The lowest BCUT2D eigenvalue weighted by Crippen LogP contribution is -2.54. The topological polar surface area (TPSA) is 64.2 Å². The number of likely N-dealkylation sites (tertiary alicyclic amines) is 2. The smallest absolute Gasteiger partial charge is 0.242 e. The first-order valence-electron chi connectivity index (χ1n) is 9.69. The average Bonchev–Trinajstić information content (AvgIpc) is 2.65. The monoisotopic (exact) mass is 350 g/mol. The maximum atomic E-state index is 12.4. The Balaban J connectivity index is 1.39. The van der Waals surface area contributed by atoms with Gasteiger partial charge in [0.2, 0.25) is 17.7 Å². The molecule has 0 spiro atoms. The molecule has 140 valence electrons. The molecule has 3 aliphatic rings. The van der Waals surface area contributed by atoms with Crippen LogP contribution in [0.3, 0.4) is 0 Å². The predicted molar refractivity (Wildman–Crippen MR) is 93.9 cm³/mol. The molecular weight excluding hydrogens is 320 g/mol.